The Balaban J connectivity index is 2.47. The average molecular weight is 302 g/mol. The third-order valence-electron chi connectivity index (χ3n) is 3.52. The zero-order valence-electron chi connectivity index (χ0n) is 11.6. The van der Waals surface area contributed by atoms with E-state index < -0.39 is 29.6 Å². The molecule has 0 aliphatic carbocycles. The van der Waals surface area contributed by atoms with Gasteiger partial charge in [0.1, 0.15) is 5.82 Å². The lowest BCUT2D eigenvalue weighted by atomic mass is 9.79. The molecule has 0 spiro atoms. The van der Waals surface area contributed by atoms with Crippen LogP contribution in [0.15, 0.2) is 54.6 Å². The van der Waals surface area contributed by atoms with Crippen LogP contribution in [0.4, 0.5) is 4.39 Å². The Morgan fingerprint density at radius 1 is 0.909 bits per heavy atom. The first-order chi connectivity index (χ1) is 10.5. The fourth-order valence-electron chi connectivity index (χ4n) is 2.53. The summed E-state index contributed by atoms with van der Waals surface area (Å²) in [5, 5.41) is 18.7. The van der Waals surface area contributed by atoms with Crippen molar-refractivity contribution in [3.05, 3.63) is 71.5 Å². The van der Waals surface area contributed by atoms with Crippen LogP contribution in [-0.2, 0) is 9.59 Å². The molecule has 5 heteroatoms. The highest BCUT2D eigenvalue weighted by Gasteiger charge is 2.32. The van der Waals surface area contributed by atoms with Crippen molar-refractivity contribution >= 4 is 11.9 Å². The molecule has 2 N–H and O–H groups in total. The minimum atomic E-state index is -1.14. The van der Waals surface area contributed by atoms with E-state index in [2.05, 4.69) is 0 Å². The summed E-state index contributed by atoms with van der Waals surface area (Å²) in [6, 6.07) is 13.7. The summed E-state index contributed by atoms with van der Waals surface area (Å²) in [6.45, 7) is 0. The summed E-state index contributed by atoms with van der Waals surface area (Å²) in [5.41, 5.74) is 1.01. The predicted octanol–water partition coefficient (Wildman–Crippen LogP) is 3.25. The summed E-state index contributed by atoms with van der Waals surface area (Å²) < 4.78 is 13.0. The van der Waals surface area contributed by atoms with Gasteiger partial charge in [-0.25, -0.2) is 4.39 Å². The van der Waals surface area contributed by atoms with Crippen LogP contribution in [0.2, 0.25) is 0 Å². The topological polar surface area (TPSA) is 74.6 Å². The van der Waals surface area contributed by atoms with Gasteiger partial charge in [-0.05, 0) is 23.3 Å². The first kappa shape index (κ1) is 15.7. The number of carboxylic acid groups (broad SMARTS) is 2. The lowest BCUT2D eigenvalue weighted by Crippen LogP contribution is -2.22. The molecule has 0 heterocycles. The molecule has 0 fully saturated rings. The van der Waals surface area contributed by atoms with Gasteiger partial charge in [0.25, 0.3) is 0 Å². The van der Waals surface area contributed by atoms with Crippen LogP contribution >= 0.6 is 0 Å². The van der Waals surface area contributed by atoms with Gasteiger partial charge in [0.15, 0.2) is 0 Å². The summed E-state index contributed by atoms with van der Waals surface area (Å²) >= 11 is 0. The quantitative estimate of drug-likeness (QED) is 0.859. The van der Waals surface area contributed by atoms with E-state index in [1.807, 2.05) is 0 Å². The van der Waals surface area contributed by atoms with Crippen LogP contribution in [0.1, 0.15) is 29.4 Å². The van der Waals surface area contributed by atoms with E-state index in [1.54, 1.807) is 30.3 Å². The van der Waals surface area contributed by atoms with Crippen LogP contribution in [0, 0.1) is 5.82 Å². The highest BCUT2D eigenvalue weighted by molar-refractivity contribution is 5.79. The monoisotopic (exact) mass is 302 g/mol. The first-order valence-corrected chi connectivity index (χ1v) is 6.74. The molecule has 2 unspecified atom stereocenters. The van der Waals surface area contributed by atoms with Gasteiger partial charge < -0.3 is 10.2 Å². The van der Waals surface area contributed by atoms with Crippen molar-refractivity contribution in [2.45, 2.75) is 18.3 Å². The molecular formula is C17H15FO4. The van der Waals surface area contributed by atoms with Crippen LogP contribution in [0.3, 0.4) is 0 Å². The van der Waals surface area contributed by atoms with Gasteiger partial charge in [-0.1, -0.05) is 42.5 Å². The number of hydrogen-bond donors (Lipinski definition) is 2. The SMILES string of the molecule is O=C(O)CC(c1ccccc1)C(C(=O)O)c1ccc(F)cc1. The van der Waals surface area contributed by atoms with E-state index in [0.717, 1.165) is 0 Å². The molecule has 0 aromatic heterocycles. The van der Waals surface area contributed by atoms with E-state index in [4.69, 9.17) is 5.11 Å². The Kier molecular flexibility index (Phi) is 4.88. The van der Waals surface area contributed by atoms with Crippen LogP contribution in [0.25, 0.3) is 0 Å². The smallest absolute Gasteiger partial charge is 0.311 e. The molecule has 0 radical (unpaired) electrons. The predicted molar refractivity (Wildman–Crippen MR) is 78.2 cm³/mol. The number of carbonyl (C=O) groups is 2. The molecule has 2 atom stereocenters. The minimum absolute atomic E-state index is 0.321. The summed E-state index contributed by atoms with van der Waals surface area (Å²) in [6.07, 6.45) is -0.321. The second-order valence-electron chi connectivity index (χ2n) is 4.98. The fourth-order valence-corrected chi connectivity index (χ4v) is 2.53. The Labute approximate surface area is 126 Å². The second kappa shape index (κ2) is 6.85. The Hall–Kier alpha value is -2.69. The maximum absolute atomic E-state index is 13.0. The Bertz CT molecular complexity index is 652. The molecule has 0 amide bonds. The molecule has 2 aromatic rings. The van der Waals surface area contributed by atoms with Gasteiger partial charge >= 0.3 is 11.9 Å². The molecule has 4 nitrogen and oxygen atoms in total. The molecule has 22 heavy (non-hydrogen) atoms. The van der Waals surface area contributed by atoms with Crippen LogP contribution in [0.5, 0.6) is 0 Å². The summed E-state index contributed by atoms with van der Waals surface area (Å²) in [4.78, 5) is 22.8. The number of hydrogen-bond acceptors (Lipinski definition) is 2. The van der Waals surface area contributed by atoms with Crippen molar-refractivity contribution in [1.29, 1.82) is 0 Å². The number of aliphatic carboxylic acids is 2. The van der Waals surface area contributed by atoms with Gasteiger partial charge in [-0.2, -0.15) is 0 Å². The van der Waals surface area contributed by atoms with E-state index in [1.165, 1.54) is 24.3 Å². The molecule has 0 saturated heterocycles. The average Bonchev–Trinajstić information content (AvgIpc) is 2.49. The van der Waals surface area contributed by atoms with Crippen molar-refractivity contribution in [2.24, 2.45) is 0 Å². The highest BCUT2D eigenvalue weighted by Crippen LogP contribution is 2.36. The minimum Gasteiger partial charge on any atom is -0.481 e. The van der Waals surface area contributed by atoms with Gasteiger partial charge in [0, 0.05) is 5.92 Å². The molecule has 0 bridgehead atoms. The molecule has 2 rings (SSSR count). The molecule has 0 aliphatic rings. The standard InChI is InChI=1S/C17H15FO4/c18-13-8-6-12(7-9-13)16(17(21)22)14(10-15(19)20)11-4-2-1-3-5-11/h1-9,14,16H,10H2,(H,19,20)(H,21,22). The Morgan fingerprint density at radius 2 is 1.50 bits per heavy atom. The number of carboxylic acids is 2. The molecule has 114 valence electrons. The normalized spacial score (nSPS) is 13.3. The fraction of sp³-hybridized carbons (Fsp3) is 0.176. The maximum atomic E-state index is 13.0. The zero-order valence-corrected chi connectivity index (χ0v) is 11.6. The molecule has 2 aromatic carbocycles. The second-order valence-corrected chi connectivity index (χ2v) is 4.98. The summed E-state index contributed by atoms with van der Waals surface area (Å²) in [5.74, 6) is -4.48. The third-order valence-corrected chi connectivity index (χ3v) is 3.52. The Morgan fingerprint density at radius 3 is 2.00 bits per heavy atom. The lowest BCUT2D eigenvalue weighted by molar-refractivity contribution is -0.140. The van der Waals surface area contributed by atoms with Gasteiger partial charge in [0.05, 0.1) is 12.3 Å². The van der Waals surface area contributed by atoms with E-state index >= 15 is 0 Å². The molecule has 0 saturated carbocycles. The molecule has 0 aliphatic heterocycles. The van der Waals surface area contributed by atoms with Crippen molar-refractivity contribution < 1.29 is 24.2 Å². The zero-order chi connectivity index (χ0) is 16.1. The van der Waals surface area contributed by atoms with Gasteiger partial charge in [-0.15, -0.1) is 0 Å². The van der Waals surface area contributed by atoms with E-state index in [9.17, 15) is 19.1 Å². The summed E-state index contributed by atoms with van der Waals surface area (Å²) in [7, 11) is 0. The van der Waals surface area contributed by atoms with E-state index in [-0.39, 0.29) is 6.42 Å². The third kappa shape index (κ3) is 3.69. The van der Waals surface area contributed by atoms with Gasteiger partial charge in [0.2, 0.25) is 0 Å². The number of halogens is 1. The number of benzene rings is 2. The van der Waals surface area contributed by atoms with Crippen molar-refractivity contribution in [3.63, 3.8) is 0 Å². The van der Waals surface area contributed by atoms with Crippen LogP contribution < -0.4 is 0 Å². The molecular weight excluding hydrogens is 287 g/mol. The lowest BCUT2D eigenvalue weighted by Gasteiger charge is -2.23. The number of rotatable bonds is 6. The van der Waals surface area contributed by atoms with Crippen molar-refractivity contribution in [1.82, 2.24) is 0 Å². The first-order valence-electron chi connectivity index (χ1n) is 6.74. The van der Waals surface area contributed by atoms with Crippen LogP contribution in [-0.4, -0.2) is 22.2 Å². The largest absolute Gasteiger partial charge is 0.481 e. The van der Waals surface area contributed by atoms with E-state index in [0.29, 0.717) is 11.1 Å². The maximum Gasteiger partial charge on any atom is 0.311 e. The highest BCUT2D eigenvalue weighted by atomic mass is 19.1. The van der Waals surface area contributed by atoms with Crippen molar-refractivity contribution in [3.8, 4) is 0 Å². The van der Waals surface area contributed by atoms with Gasteiger partial charge in [-0.3, -0.25) is 9.59 Å². The van der Waals surface area contributed by atoms with Crippen molar-refractivity contribution in [2.75, 3.05) is 0 Å².